The van der Waals surface area contributed by atoms with Crippen molar-refractivity contribution >= 4 is 12.0 Å². The molecule has 2 N–H and O–H groups in total. The monoisotopic (exact) mass is 227 g/mol. The van der Waals surface area contributed by atoms with Gasteiger partial charge in [0.15, 0.2) is 5.78 Å². The largest absolute Gasteiger partial charge is 0.313 e. The number of rotatable bonds is 4. The second-order valence-corrected chi connectivity index (χ2v) is 5.99. The molecule has 4 nitrogen and oxygen atoms in total. The van der Waals surface area contributed by atoms with Gasteiger partial charge in [-0.3, -0.25) is 10.1 Å². The van der Waals surface area contributed by atoms with Crippen molar-refractivity contribution in [3.05, 3.63) is 0 Å². The Kier molecular flexibility index (Phi) is 5.13. The van der Waals surface area contributed by atoms with Gasteiger partial charge in [0.2, 0.25) is 0 Å². The maximum atomic E-state index is 12.2. The van der Waals surface area contributed by atoms with Gasteiger partial charge in [0, 0.05) is 24.2 Å². The van der Waals surface area contributed by atoms with Gasteiger partial charge < -0.3 is 5.43 Å². The minimum absolute atomic E-state index is 0.120. The van der Waals surface area contributed by atoms with Gasteiger partial charge in [0.1, 0.15) is 6.04 Å². The van der Waals surface area contributed by atoms with Gasteiger partial charge in [0.25, 0.3) is 0 Å². The Morgan fingerprint density at radius 2 is 1.69 bits per heavy atom. The highest BCUT2D eigenvalue weighted by molar-refractivity contribution is 6.01. The number of hydrogen-bond donors (Lipinski definition) is 2. The molecular weight excluding hydrogens is 202 g/mol. The normalized spacial score (nSPS) is 15.2. The number of carbonyl (C=O) groups is 1. The molecule has 0 aliphatic heterocycles. The first kappa shape index (κ1) is 15.1. The summed E-state index contributed by atoms with van der Waals surface area (Å²) < 4.78 is 0. The smallest absolute Gasteiger partial charge is 0.160 e. The van der Waals surface area contributed by atoms with Gasteiger partial charge in [-0.1, -0.05) is 20.8 Å². The van der Waals surface area contributed by atoms with E-state index in [1.807, 2.05) is 41.5 Å². The Hall–Kier alpha value is -0.900. The fraction of sp³-hybridized carbons (Fsp3) is 0.833. The molecule has 0 saturated heterocycles. The Morgan fingerprint density at radius 1 is 1.19 bits per heavy atom. The van der Waals surface area contributed by atoms with Crippen LogP contribution in [-0.4, -0.2) is 30.6 Å². The van der Waals surface area contributed by atoms with Crippen LogP contribution in [0.15, 0.2) is 5.10 Å². The molecule has 0 fully saturated rings. The van der Waals surface area contributed by atoms with Crippen LogP contribution in [0.3, 0.4) is 0 Å². The lowest BCUT2D eigenvalue weighted by molar-refractivity contribution is -0.127. The van der Waals surface area contributed by atoms with Crippen molar-refractivity contribution in [2.24, 2.45) is 10.5 Å². The van der Waals surface area contributed by atoms with Gasteiger partial charge in [-0.2, -0.15) is 5.10 Å². The Labute approximate surface area is 98.9 Å². The first-order valence-electron chi connectivity index (χ1n) is 5.60. The van der Waals surface area contributed by atoms with Crippen molar-refractivity contribution in [3.8, 4) is 0 Å². The SMILES string of the molecule is CN/N=C\C(NC(C)(C)C)C(=O)C(C)(C)C. The molecule has 0 saturated carbocycles. The van der Waals surface area contributed by atoms with Gasteiger partial charge in [-0.05, 0) is 20.8 Å². The standard InChI is InChI=1S/C12H25N3O/c1-11(2,3)10(16)9(8-14-13-7)15-12(4,5)6/h8-9,13,15H,1-7H3/b14-8-. The average molecular weight is 227 g/mol. The van der Waals surface area contributed by atoms with E-state index in [4.69, 9.17) is 0 Å². The quantitative estimate of drug-likeness (QED) is 0.566. The molecule has 0 bridgehead atoms. The molecule has 0 amide bonds. The lowest BCUT2D eigenvalue weighted by Crippen LogP contribution is -2.51. The molecule has 94 valence electrons. The summed E-state index contributed by atoms with van der Waals surface area (Å²) in [5, 5.41) is 7.19. The molecule has 0 radical (unpaired) electrons. The average Bonchev–Trinajstić information content (AvgIpc) is 2.07. The van der Waals surface area contributed by atoms with Crippen LogP contribution in [0.1, 0.15) is 41.5 Å². The molecular formula is C12H25N3O. The van der Waals surface area contributed by atoms with E-state index >= 15 is 0 Å². The van der Waals surface area contributed by atoms with E-state index in [2.05, 4.69) is 15.8 Å². The third kappa shape index (κ3) is 5.85. The summed E-state index contributed by atoms with van der Waals surface area (Å²) in [5.74, 6) is 0.140. The minimum Gasteiger partial charge on any atom is -0.313 e. The number of Topliss-reactive ketones (excluding diaryl/α,β-unsaturated/α-hetero) is 1. The van der Waals surface area contributed by atoms with E-state index in [1.165, 1.54) is 0 Å². The van der Waals surface area contributed by atoms with Crippen LogP contribution in [0.2, 0.25) is 0 Å². The van der Waals surface area contributed by atoms with Crippen LogP contribution >= 0.6 is 0 Å². The summed E-state index contributed by atoms with van der Waals surface area (Å²) in [6.07, 6.45) is 1.62. The predicted molar refractivity (Wildman–Crippen MR) is 68.7 cm³/mol. The maximum absolute atomic E-state index is 12.2. The zero-order valence-corrected chi connectivity index (χ0v) is 11.5. The Morgan fingerprint density at radius 3 is 2.00 bits per heavy atom. The van der Waals surface area contributed by atoms with Crippen molar-refractivity contribution in [1.82, 2.24) is 10.7 Å². The topological polar surface area (TPSA) is 53.5 Å². The fourth-order valence-corrected chi connectivity index (χ4v) is 1.25. The van der Waals surface area contributed by atoms with Crippen LogP contribution in [0.25, 0.3) is 0 Å². The van der Waals surface area contributed by atoms with E-state index in [0.29, 0.717) is 0 Å². The lowest BCUT2D eigenvalue weighted by atomic mass is 9.86. The summed E-state index contributed by atoms with van der Waals surface area (Å²) in [6, 6.07) is -0.354. The van der Waals surface area contributed by atoms with Crippen LogP contribution in [0, 0.1) is 5.41 Å². The molecule has 0 aliphatic rings. The molecule has 0 aromatic rings. The van der Waals surface area contributed by atoms with Gasteiger partial charge in [0.05, 0.1) is 0 Å². The number of ketones is 1. The summed E-state index contributed by atoms with van der Waals surface area (Å²) in [7, 11) is 1.71. The van der Waals surface area contributed by atoms with E-state index in [1.54, 1.807) is 13.3 Å². The zero-order chi connectivity index (χ0) is 13.0. The number of nitrogens with one attached hydrogen (secondary N) is 2. The van der Waals surface area contributed by atoms with Crippen molar-refractivity contribution in [2.45, 2.75) is 53.1 Å². The minimum atomic E-state index is -0.372. The third-order valence-corrected chi connectivity index (χ3v) is 1.96. The summed E-state index contributed by atoms with van der Waals surface area (Å²) in [4.78, 5) is 12.2. The third-order valence-electron chi connectivity index (χ3n) is 1.96. The summed E-state index contributed by atoms with van der Waals surface area (Å²) in [6.45, 7) is 11.8. The second-order valence-electron chi connectivity index (χ2n) is 5.99. The lowest BCUT2D eigenvalue weighted by Gasteiger charge is -2.29. The zero-order valence-electron chi connectivity index (χ0n) is 11.5. The van der Waals surface area contributed by atoms with Crippen molar-refractivity contribution in [2.75, 3.05) is 7.05 Å². The van der Waals surface area contributed by atoms with Crippen molar-refractivity contribution in [3.63, 3.8) is 0 Å². The van der Waals surface area contributed by atoms with E-state index in [-0.39, 0.29) is 22.8 Å². The second kappa shape index (κ2) is 5.43. The molecule has 16 heavy (non-hydrogen) atoms. The number of carbonyl (C=O) groups excluding carboxylic acids is 1. The molecule has 1 atom stereocenters. The van der Waals surface area contributed by atoms with Crippen molar-refractivity contribution < 1.29 is 4.79 Å². The van der Waals surface area contributed by atoms with Crippen molar-refractivity contribution in [1.29, 1.82) is 0 Å². The number of hydrazone groups is 1. The molecule has 0 rings (SSSR count). The van der Waals surface area contributed by atoms with Crippen LogP contribution in [0.4, 0.5) is 0 Å². The number of nitrogens with zero attached hydrogens (tertiary/aromatic N) is 1. The van der Waals surface area contributed by atoms with Crippen LogP contribution in [-0.2, 0) is 4.79 Å². The van der Waals surface area contributed by atoms with E-state index < -0.39 is 0 Å². The first-order chi connectivity index (χ1) is 7.08. The van der Waals surface area contributed by atoms with Gasteiger partial charge in [-0.25, -0.2) is 0 Å². The van der Waals surface area contributed by atoms with Gasteiger partial charge >= 0.3 is 0 Å². The van der Waals surface area contributed by atoms with E-state index in [0.717, 1.165) is 0 Å². The molecule has 0 aliphatic carbocycles. The summed E-state index contributed by atoms with van der Waals surface area (Å²) in [5.41, 5.74) is 2.18. The fourth-order valence-electron chi connectivity index (χ4n) is 1.25. The molecule has 4 heteroatoms. The molecule has 0 heterocycles. The predicted octanol–water partition coefficient (Wildman–Crippen LogP) is 1.56. The number of hydrogen-bond acceptors (Lipinski definition) is 4. The van der Waals surface area contributed by atoms with Crippen LogP contribution in [0.5, 0.6) is 0 Å². The molecule has 0 aromatic heterocycles. The first-order valence-corrected chi connectivity index (χ1v) is 5.60. The Bertz CT molecular complexity index is 258. The highest BCUT2D eigenvalue weighted by atomic mass is 16.1. The highest BCUT2D eigenvalue weighted by Crippen LogP contribution is 2.17. The van der Waals surface area contributed by atoms with Crippen LogP contribution < -0.4 is 10.7 Å². The Balaban J connectivity index is 4.82. The molecule has 0 spiro atoms. The maximum Gasteiger partial charge on any atom is 0.160 e. The molecule has 0 aromatic carbocycles. The highest BCUT2D eigenvalue weighted by Gasteiger charge is 2.30. The summed E-state index contributed by atoms with van der Waals surface area (Å²) >= 11 is 0. The van der Waals surface area contributed by atoms with E-state index in [9.17, 15) is 4.79 Å². The molecule has 1 unspecified atom stereocenters. The van der Waals surface area contributed by atoms with Gasteiger partial charge in [-0.15, -0.1) is 0 Å².